The maximum Gasteiger partial charge on any atom is 0.224 e. The normalized spacial score (nSPS) is 20.2. The van der Waals surface area contributed by atoms with Crippen molar-refractivity contribution in [3.05, 3.63) is 101 Å². The molecular formula is C29H29ClN2O2. The van der Waals surface area contributed by atoms with Crippen molar-refractivity contribution in [1.82, 2.24) is 0 Å². The zero-order chi connectivity index (χ0) is 23.5. The van der Waals surface area contributed by atoms with Gasteiger partial charge in [0.25, 0.3) is 0 Å². The van der Waals surface area contributed by atoms with E-state index < -0.39 is 0 Å². The summed E-state index contributed by atoms with van der Waals surface area (Å²) in [6.07, 6.45) is 6.81. The quantitative estimate of drug-likeness (QED) is 0.350. The molecule has 1 heterocycles. The van der Waals surface area contributed by atoms with Gasteiger partial charge in [-0.3, -0.25) is 4.79 Å². The number of carbonyl (C=O) groups excluding carboxylic acids is 1. The van der Waals surface area contributed by atoms with E-state index in [0.29, 0.717) is 24.0 Å². The second-order valence-corrected chi connectivity index (χ2v) is 9.41. The summed E-state index contributed by atoms with van der Waals surface area (Å²) in [6.45, 7) is 2.56. The molecule has 3 aromatic rings. The molecule has 2 aliphatic rings. The van der Waals surface area contributed by atoms with E-state index in [1.54, 1.807) is 0 Å². The highest BCUT2D eigenvalue weighted by Gasteiger charge is 2.40. The van der Waals surface area contributed by atoms with Gasteiger partial charge in [0.15, 0.2) is 0 Å². The van der Waals surface area contributed by atoms with Crippen LogP contribution in [0.4, 0.5) is 11.4 Å². The SMILES string of the molecule is CCCC(=O)Nc1ccc(Cl)c2c1C1C=CCC1C(c1ccc(OCc3ccccc3)cc1)N2. The summed E-state index contributed by atoms with van der Waals surface area (Å²) in [5, 5.41) is 7.50. The Morgan fingerprint density at radius 3 is 2.65 bits per heavy atom. The molecule has 1 amide bonds. The van der Waals surface area contributed by atoms with E-state index in [1.165, 1.54) is 5.56 Å². The summed E-state index contributed by atoms with van der Waals surface area (Å²) in [7, 11) is 0. The van der Waals surface area contributed by atoms with E-state index in [4.69, 9.17) is 16.3 Å². The van der Waals surface area contributed by atoms with Gasteiger partial charge in [0.1, 0.15) is 12.4 Å². The van der Waals surface area contributed by atoms with Gasteiger partial charge in [-0.25, -0.2) is 0 Å². The third kappa shape index (κ3) is 4.55. The number of benzene rings is 3. The summed E-state index contributed by atoms with van der Waals surface area (Å²) >= 11 is 6.66. The molecule has 2 N–H and O–H groups in total. The predicted molar refractivity (Wildman–Crippen MR) is 139 cm³/mol. The summed E-state index contributed by atoms with van der Waals surface area (Å²) in [6, 6.07) is 22.4. The Bertz CT molecular complexity index is 1190. The molecule has 3 aromatic carbocycles. The fourth-order valence-electron chi connectivity index (χ4n) is 5.07. The number of hydrogen-bond acceptors (Lipinski definition) is 3. The third-order valence-corrected chi connectivity index (χ3v) is 7.02. The Balaban J connectivity index is 1.39. The van der Waals surface area contributed by atoms with E-state index in [-0.39, 0.29) is 17.9 Å². The average Bonchev–Trinajstić information content (AvgIpc) is 3.35. The molecule has 0 radical (unpaired) electrons. The minimum absolute atomic E-state index is 0.0405. The Morgan fingerprint density at radius 1 is 1.09 bits per heavy atom. The molecule has 1 aliphatic heterocycles. The van der Waals surface area contributed by atoms with Gasteiger partial charge in [-0.1, -0.05) is 73.1 Å². The van der Waals surface area contributed by atoms with Crippen LogP contribution < -0.4 is 15.4 Å². The molecule has 1 aliphatic carbocycles. The van der Waals surface area contributed by atoms with Gasteiger partial charge in [0.05, 0.1) is 16.8 Å². The number of amides is 1. The molecule has 34 heavy (non-hydrogen) atoms. The molecule has 0 fully saturated rings. The molecular weight excluding hydrogens is 444 g/mol. The standard InChI is InChI=1S/C29H29ClN2O2/c1-2-7-26(33)31-25-17-16-24(30)29-27(25)22-10-6-11-23(22)28(32-29)20-12-14-21(15-13-20)34-18-19-8-4-3-5-9-19/h3-6,8-10,12-17,22-23,28,32H,2,7,11,18H2,1H3,(H,31,33). The third-order valence-electron chi connectivity index (χ3n) is 6.71. The monoisotopic (exact) mass is 472 g/mol. The zero-order valence-corrected chi connectivity index (χ0v) is 20.0. The minimum atomic E-state index is 0.0405. The van der Waals surface area contributed by atoms with E-state index in [0.717, 1.165) is 41.1 Å². The average molecular weight is 473 g/mol. The van der Waals surface area contributed by atoms with Crippen LogP contribution in [0.5, 0.6) is 5.75 Å². The first-order valence-corrected chi connectivity index (χ1v) is 12.3. The van der Waals surface area contributed by atoms with Crippen molar-refractivity contribution in [1.29, 1.82) is 0 Å². The molecule has 0 bridgehead atoms. The lowest BCUT2D eigenvalue weighted by atomic mass is 9.76. The van der Waals surface area contributed by atoms with Gasteiger partial charge in [0.2, 0.25) is 5.91 Å². The number of carbonyl (C=O) groups is 1. The molecule has 3 unspecified atom stereocenters. The molecule has 3 atom stereocenters. The van der Waals surface area contributed by atoms with Gasteiger partial charge in [-0.15, -0.1) is 0 Å². The fourth-order valence-corrected chi connectivity index (χ4v) is 5.28. The smallest absolute Gasteiger partial charge is 0.224 e. The van der Waals surface area contributed by atoms with Gasteiger partial charge in [-0.2, -0.15) is 0 Å². The molecule has 0 aromatic heterocycles. The molecule has 0 saturated carbocycles. The first-order chi connectivity index (χ1) is 16.6. The maximum atomic E-state index is 12.3. The predicted octanol–water partition coefficient (Wildman–Crippen LogP) is 7.48. The number of allylic oxidation sites excluding steroid dienone is 2. The van der Waals surface area contributed by atoms with E-state index in [9.17, 15) is 4.79 Å². The minimum Gasteiger partial charge on any atom is -0.489 e. The number of nitrogens with one attached hydrogen (secondary N) is 2. The van der Waals surface area contributed by atoms with Crippen LogP contribution in [0.3, 0.4) is 0 Å². The van der Waals surface area contributed by atoms with Crippen molar-refractivity contribution in [2.45, 2.75) is 44.8 Å². The van der Waals surface area contributed by atoms with Crippen LogP contribution in [-0.4, -0.2) is 5.91 Å². The van der Waals surface area contributed by atoms with Crippen molar-refractivity contribution in [2.24, 2.45) is 5.92 Å². The Labute approximate surface area is 206 Å². The van der Waals surface area contributed by atoms with E-state index in [1.807, 2.05) is 49.4 Å². The molecule has 4 nitrogen and oxygen atoms in total. The number of hydrogen-bond donors (Lipinski definition) is 2. The number of halogens is 1. The number of rotatable bonds is 7. The topological polar surface area (TPSA) is 50.4 Å². The van der Waals surface area contributed by atoms with Crippen LogP contribution in [-0.2, 0) is 11.4 Å². The highest BCUT2D eigenvalue weighted by atomic mass is 35.5. The number of fused-ring (bicyclic) bond motifs is 3. The Kier molecular flexibility index (Phi) is 6.59. The van der Waals surface area contributed by atoms with Crippen LogP contribution >= 0.6 is 11.6 Å². The van der Waals surface area contributed by atoms with Gasteiger partial charge < -0.3 is 15.4 Å². The van der Waals surface area contributed by atoms with Gasteiger partial charge in [-0.05, 0) is 54.2 Å². The van der Waals surface area contributed by atoms with Gasteiger partial charge in [0, 0.05) is 23.6 Å². The van der Waals surface area contributed by atoms with Crippen LogP contribution in [0.15, 0.2) is 78.9 Å². The zero-order valence-electron chi connectivity index (χ0n) is 19.3. The van der Waals surface area contributed by atoms with Crippen molar-refractivity contribution in [2.75, 3.05) is 10.6 Å². The first-order valence-electron chi connectivity index (χ1n) is 12.0. The summed E-state index contributed by atoms with van der Waals surface area (Å²) in [5.41, 5.74) is 5.21. The lowest BCUT2D eigenvalue weighted by Gasteiger charge is -2.39. The van der Waals surface area contributed by atoms with Crippen molar-refractivity contribution < 1.29 is 9.53 Å². The van der Waals surface area contributed by atoms with E-state index >= 15 is 0 Å². The highest BCUT2D eigenvalue weighted by Crippen LogP contribution is 2.53. The summed E-state index contributed by atoms with van der Waals surface area (Å²) in [5.74, 6) is 1.44. The number of anilines is 2. The second kappa shape index (κ2) is 9.94. The van der Waals surface area contributed by atoms with Crippen LogP contribution in [0, 0.1) is 5.92 Å². The summed E-state index contributed by atoms with van der Waals surface area (Å²) < 4.78 is 5.97. The lowest BCUT2D eigenvalue weighted by Crippen LogP contribution is -2.30. The Morgan fingerprint density at radius 2 is 1.88 bits per heavy atom. The second-order valence-electron chi connectivity index (χ2n) is 9.00. The van der Waals surface area contributed by atoms with Crippen molar-refractivity contribution in [3.63, 3.8) is 0 Å². The number of ether oxygens (including phenoxy) is 1. The fraction of sp³-hybridized carbons (Fsp3) is 0.276. The molecule has 0 spiro atoms. The summed E-state index contributed by atoms with van der Waals surface area (Å²) in [4.78, 5) is 12.3. The van der Waals surface area contributed by atoms with Gasteiger partial charge >= 0.3 is 0 Å². The van der Waals surface area contributed by atoms with Crippen LogP contribution in [0.2, 0.25) is 5.02 Å². The molecule has 0 saturated heterocycles. The first kappa shape index (κ1) is 22.5. The Hall–Kier alpha value is -3.24. The maximum absolute atomic E-state index is 12.3. The molecule has 174 valence electrons. The largest absolute Gasteiger partial charge is 0.489 e. The highest BCUT2D eigenvalue weighted by molar-refractivity contribution is 6.33. The van der Waals surface area contributed by atoms with Crippen molar-refractivity contribution >= 4 is 28.9 Å². The van der Waals surface area contributed by atoms with Crippen LogP contribution in [0.25, 0.3) is 0 Å². The van der Waals surface area contributed by atoms with Crippen molar-refractivity contribution in [3.8, 4) is 5.75 Å². The molecule has 5 heteroatoms. The lowest BCUT2D eigenvalue weighted by molar-refractivity contribution is -0.116. The van der Waals surface area contributed by atoms with E-state index in [2.05, 4.69) is 47.1 Å². The molecule has 5 rings (SSSR count). The van der Waals surface area contributed by atoms with Crippen LogP contribution in [0.1, 0.15) is 54.8 Å².